The minimum Gasteiger partial charge on any atom is -0.575 e. The van der Waals surface area contributed by atoms with E-state index >= 15 is 0 Å². The van der Waals surface area contributed by atoms with Crippen LogP contribution >= 0.6 is 8.17 Å². The molecular formula is C9H12NO3P. The summed E-state index contributed by atoms with van der Waals surface area (Å²) in [6, 6.07) is 6.86. The van der Waals surface area contributed by atoms with Gasteiger partial charge in [0.2, 0.25) is 0 Å². The highest BCUT2D eigenvalue weighted by Crippen LogP contribution is 2.24. The lowest BCUT2D eigenvalue weighted by molar-refractivity contribution is -0.168. The second kappa shape index (κ2) is 5.58. The van der Waals surface area contributed by atoms with Gasteiger partial charge in [0.05, 0.1) is 13.7 Å². The highest BCUT2D eigenvalue weighted by Gasteiger charge is 2.02. The molecule has 0 saturated heterocycles. The number of rotatable bonds is 4. The highest BCUT2D eigenvalue weighted by atomic mass is 31.1. The molecule has 0 saturated carbocycles. The van der Waals surface area contributed by atoms with E-state index in [-0.39, 0.29) is 0 Å². The van der Waals surface area contributed by atoms with Crippen LogP contribution in [0.4, 0.5) is 0 Å². The second-order valence-electron chi connectivity index (χ2n) is 2.46. The van der Waals surface area contributed by atoms with Crippen molar-refractivity contribution in [2.45, 2.75) is 6.92 Å². The summed E-state index contributed by atoms with van der Waals surface area (Å²) in [5.74, 6) is 1.27. The number of benzene rings is 1. The van der Waals surface area contributed by atoms with E-state index in [4.69, 9.17) is 9.26 Å². The summed E-state index contributed by atoms with van der Waals surface area (Å²) >= 11 is 0. The average molecular weight is 213 g/mol. The van der Waals surface area contributed by atoms with Crippen molar-refractivity contribution in [2.24, 2.45) is 4.74 Å². The first-order valence-electron chi connectivity index (χ1n) is 4.23. The summed E-state index contributed by atoms with van der Waals surface area (Å²) in [4.78, 5) is 11.1. The minimum absolute atomic E-state index is 0.491. The number of hydrogen-bond donors (Lipinski definition) is 0. The van der Waals surface area contributed by atoms with E-state index in [1.165, 1.54) is 0 Å². The van der Waals surface area contributed by atoms with Crippen LogP contribution in [0.3, 0.4) is 0 Å². The molecule has 0 aliphatic carbocycles. The molecule has 1 atom stereocenters. The van der Waals surface area contributed by atoms with Crippen molar-refractivity contribution in [1.29, 1.82) is 0 Å². The Morgan fingerprint density at radius 2 is 1.86 bits per heavy atom. The molecule has 0 fully saturated rings. The first-order valence-corrected chi connectivity index (χ1v) is 5.36. The molecular weight excluding hydrogens is 201 g/mol. The molecule has 0 N–H and O–H groups in total. The number of nitrogens with zero attached hydrogens (tertiary/aromatic N) is 1. The fourth-order valence-corrected chi connectivity index (χ4v) is 1.46. The van der Waals surface area contributed by atoms with E-state index < -0.39 is 8.17 Å². The minimum atomic E-state index is -1.94. The predicted octanol–water partition coefficient (Wildman–Crippen LogP) is 1.95. The molecule has 4 nitrogen and oxygen atoms in total. The zero-order chi connectivity index (χ0) is 10.4. The van der Waals surface area contributed by atoms with Crippen LogP contribution in [-0.4, -0.2) is 13.7 Å². The van der Waals surface area contributed by atoms with E-state index in [0.29, 0.717) is 12.3 Å². The van der Waals surface area contributed by atoms with E-state index in [2.05, 4.69) is 4.74 Å². The molecule has 0 aliphatic rings. The van der Waals surface area contributed by atoms with Crippen molar-refractivity contribution in [2.75, 3.05) is 13.7 Å². The number of hydrogen-bond acceptors (Lipinski definition) is 4. The van der Waals surface area contributed by atoms with E-state index in [1.54, 1.807) is 31.4 Å². The SMILES string of the molecule is CC/N=[P+](\[O-])Oc1ccc(OC)cc1. The Kier molecular flexibility index (Phi) is 4.36. The summed E-state index contributed by atoms with van der Waals surface area (Å²) < 4.78 is 13.7. The Balaban J connectivity index is 2.64. The Labute approximate surface area is 84.1 Å². The van der Waals surface area contributed by atoms with Crippen LogP contribution in [0.5, 0.6) is 11.5 Å². The van der Waals surface area contributed by atoms with Gasteiger partial charge in [-0.25, -0.2) is 0 Å². The molecule has 1 unspecified atom stereocenters. The fourth-order valence-electron chi connectivity index (χ4n) is 0.871. The lowest BCUT2D eigenvalue weighted by Crippen LogP contribution is -1.94. The third kappa shape index (κ3) is 3.32. The molecule has 0 aliphatic heterocycles. The zero-order valence-electron chi connectivity index (χ0n) is 8.14. The summed E-state index contributed by atoms with van der Waals surface area (Å²) in [6.07, 6.45) is 0. The van der Waals surface area contributed by atoms with Gasteiger partial charge in [-0.3, -0.25) is 4.52 Å². The van der Waals surface area contributed by atoms with Crippen LogP contribution in [0.1, 0.15) is 6.92 Å². The van der Waals surface area contributed by atoms with Gasteiger partial charge in [0.25, 0.3) is 0 Å². The third-order valence-electron chi connectivity index (χ3n) is 1.50. The van der Waals surface area contributed by atoms with Crippen LogP contribution in [0.25, 0.3) is 0 Å². The maximum absolute atomic E-state index is 11.1. The summed E-state index contributed by atoms with van der Waals surface area (Å²) in [7, 11) is -0.351. The van der Waals surface area contributed by atoms with Crippen LogP contribution < -0.4 is 14.2 Å². The monoisotopic (exact) mass is 213 g/mol. The molecule has 0 heterocycles. The third-order valence-corrected chi connectivity index (χ3v) is 2.38. The Bertz CT molecular complexity index is 310. The molecule has 1 rings (SSSR count). The van der Waals surface area contributed by atoms with E-state index in [9.17, 15) is 4.89 Å². The molecule has 1 aromatic rings. The van der Waals surface area contributed by atoms with Crippen molar-refractivity contribution in [3.05, 3.63) is 24.3 Å². The van der Waals surface area contributed by atoms with Crippen LogP contribution in [0.2, 0.25) is 0 Å². The Morgan fingerprint density at radius 1 is 1.29 bits per heavy atom. The standard InChI is InChI=1S/C9H12NO3P/c1-3-10-14(11)13-9-6-4-8(12-2)5-7-9/h4-7H,3H2,1-2H3. The first kappa shape index (κ1) is 11.0. The molecule has 0 spiro atoms. The quantitative estimate of drug-likeness (QED) is 0.718. The maximum Gasteiger partial charge on any atom is 0.394 e. The van der Waals surface area contributed by atoms with Gasteiger partial charge in [0, 0.05) is 0 Å². The van der Waals surface area contributed by atoms with Crippen molar-refractivity contribution < 1.29 is 14.2 Å². The van der Waals surface area contributed by atoms with Crippen molar-refractivity contribution in [3.63, 3.8) is 0 Å². The molecule has 0 radical (unpaired) electrons. The fraction of sp³-hybridized carbons (Fsp3) is 0.333. The zero-order valence-corrected chi connectivity index (χ0v) is 9.03. The van der Waals surface area contributed by atoms with Gasteiger partial charge in [0.15, 0.2) is 5.75 Å². The molecule has 14 heavy (non-hydrogen) atoms. The smallest absolute Gasteiger partial charge is 0.394 e. The Hall–Kier alpha value is -1.12. The normalized spacial score (nSPS) is 11.2. The lowest BCUT2D eigenvalue weighted by Gasteiger charge is -2.00. The summed E-state index contributed by atoms with van der Waals surface area (Å²) in [6.45, 7) is 2.30. The van der Waals surface area contributed by atoms with Crippen molar-refractivity contribution in [3.8, 4) is 11.5 Å². The number of ether oxygens (including phenoxy) is 1. The van der Waals surface area contributed by atoms with Crippen LogP contribution in [0, 0.1) is 0 Å². The lowest BCUT2D eigenvalue weighted by atomic mass is 10.3. The predicted molar refractivity (Wildman–Crippen MR) is 53.5 cm³/mol. The van der Waals surface area contributed by atoms with Crippen LogP contribution in [-0.2, 0) is 0 Å². The molecule has 76 valence electrons. The summed E-state index contributed by atoms with van der Waals surface area (Å²) in [5.41, 5.74) is 0. The molecule has 0 amide bonds. The Morgan fingerprint density at radius 3 is 2.36 bits per heavy atom. The van der Waals surface area contributed by atoms with Gasteiger partial charge in [-0.15, -0.1) is 0 Å². The highest BCUT2D eigenvalue weighted by molar-refractivity contribution is 7.34. The molecule has 5 heteroatoms. The molecule has 0 aromatic heterocycles. The van der Waals surface area contributed by atoms with Gasteiger partial charge < -0.3 is 9.63 Å². The largest absolute Gasteiger partial charge is 0.575 e. The average Bonchev–Trinajstić information content (AvgIpc) is 2.19. The van der Waals surface area contributed by atoms with Gasteiger partial charge >= 0.3 is 8.17 Å². The van der Waals surface area contributed by atoms with E-state index in [1.807, 2.05) is 6.92 Å². The van der Waals surface area contributed by atoms with Crippen molar-refractivity contribution >= 4 is 8.17 Å². The first-order chi connectivity index (χ1) is 6.76. The summed E-state index contributed by atoms with van der Waals surface area (Å²) in [5, 5.41) is 0. The number of methoxy groups -OCH3 is 1. The van der Waals surface area contributed by atoms with Gasteiger partial charge in [-0.2, -0.15) is 0 Å². The van der Waals surface area contributed by atoms with E-state index in [0.717, 1.165) is 5.75 Å². The molecule has 0 bridgehead atoms. The topological polar surface area (TPSA) is 53.9 Å². The van der Waals surface area contributed by atoms with Crippen molar-refractivity contribution in [1.82, 2.24) is 0 Å². The molecule has 1 aromatic carbocycles. The van der Waals surface area contributed by atoms with Gasteiger partial charge in [0.1, 0.15) is 5.75 Å². The van der Waals surface area contributed by atoms with Gasteiger partial charge in [-0.05, 0) is 31.2 Å². The second-order valence-corrected chi connectivity index (χ2v) is 3.40. The van der Waals surface area contributed by atoms with Crippen LogP contribution in [0.15, 0.2) is 29.0 Å². The maximum atomic E-state index is 11.1. The van der Waals surface area contributed by atoms with Gasteiger partial charge in [-0.1, -0.05) is 4.74 Å².